The molecule has 0 amide bonds. The number of carboxylic acids is 3. The number of carbonyl (C=O) groups is 3. The molecule has 0 saturated carbocycles. The van der Waals surface area contributed by atoms with Crippen molar-refractivity contribution in [3.63, 3.8) is 0 Å². The van der Waals surface area contributed by atoms with E-state index in [2.05, 4.69) is 0 Å². The van der Waals surface area contributed by atoms with Gasteiger partial charge in [-0.2, -0.15) is 0 Å². The maximum absolute atomic E-state index is 10.1. The van der Waals surface area contributed by atoms with Crippen LogP contribution in [0.25, 0.3) is 0 Å². The average molecular weight is 299 g/mol. The molecule has 0 aromatic heterocycles. The van der Waals surface area contributed by atoms with Crippen LogP contribution in [0.5, 0.6) is 0 Å². The first-order valence-electron chi connectivity index (χ1n) is 3.11. The number of aliphatic hydroxyl groups is 1. The molecule has 0 aliphatic rings. The standard InChI is InChI=1S/C6H8O7.Cu.2Na/c7-3(8)1-6(13,5(11)12)2-4(9)10;;;/h13H,1-2H2,(H,7,8)(H,9,10)(H,11,12);;;/q;3*+1/p-3. The zero-order valence-corrected chi connectivity index (χ0v) is 13.6. The Kier molecular flexibility index (Phi) is 17.7. The summed E-state index contributed by atoms with van der Waals surface area (Å²) in [7, 11) is 0. The van der Waals surface area contributed by atoms with Gasteiger partial charge in [-0.25, -0.2) is 0 Å². The molecule has 1 N–H and O–H groups in total. The fourth-order valence-corrected chi connectivity index (χ4v) is 0.684. The van der Waals surface area contributed by atoms with Crippen LogP contribution in [-0.2, 0) is 31.5 Å². The zero-order chi connectivity index (χ0) is 10.6. The number of rotatable bonds is 5. The largest absolute Gasteiger partial charge is 1.00 e. The third kappa shape index (κ3) is 10.1. The monoisotopic (exact) mass is 298 g/mol. The SMILES string of the molecule is O=C([O-])CC(O)(CC(=O)[O-])C(=O)[O-].[Cu+].[Na+].[Na+]. The van der Waals surface area contributed by atoms with Crippen molar-refractivity contribution >= 4 is 17.9 Å². The Morgan fingerprint density at radius 2 is 1.19 bits per heavy atom. The molecule has 0 spiro atoms. The van der Waals surface area contributed by atoms with Gasteiger partial charge in [-0.3, -0.25) is 0 Å². The second-order valence-corrected chi connectivity index (χ2v) is 2.42. The predicted molar refractivity (Wildman–Crippen MR) is 29.2 cm³/mol. The van der Waals surface area contributed by atoms with Crippen LogP contribution in [0.2, 0.25) is 0 Å². The summed E-state index contributed by atoms with van der Waals surface area (Å²) in [5.74, 6) is -5.98. The van der Waals surface area contributed by atoms with E-state index in [1.165, 1.54) is 0 Å². The van der Waals surface area contributed by atoms with Crippen molar-refractivity contribution in [1.82, 2.24) is 0 Å². The van der Waals surface area contributed by atoms with Gasteiger partial charge in [0.15, 0.2) is 0 Å². The third-order valence-electron chi connectivity index (χ3n) is 1.25. The second kappa shape index (κ2) is 11.0. The summed E-state index contributed by atoms with van der Waals surface area (Å²) in [5.41, 5.74) is -2.97. The van der Waals surface area contributed by atoms with E-state index in [-0.39, 0.29) is 76.2 Å². The van der Waals surface area contributed by atoms with Gasteiger partial charge in [0, 0.05) is 24.8 Å². The van der Waals surface area contributed by atoms with Gasteiger partial charge < -0.3 is 34.8 Å². The molecule has 10 heteroatoms. The van der Waals surface area contributed by atoms with Crippen molar-refractivity contribution in [3.8, 4) is 0 Å². The summed E-state index contributed by atoms with van der Waals surface area (Å²) in [6.45, 7) is 0. The quantitative estimate of drug-likeness (QED) is 0.497. The minimum absolute atomic E-state index is 0. The first-order chi connectivity index (χ1) is 5.78. The molecule has 0 radical (unpaired) electrons. The molecule has 0 fully saturated rings. The van der Waals surface area contributed by atoms with Gasteiger partial charge in [0.25, 0.3) is 0 Å². The van der Waals surface area contributed by atoms with Gasteiger partial charge in [-0.05, 0) is 0 Å². The molecule has 0 aromatic carbocycles. The molecule has 0 saturated heterocycles. The molecular formula is C6H5CuNa2O7. The van der Waals surface area contributed by atoms with Crippen LogP contribution in [0.15, 0.2) is 0 Å². The van der Waals surface area contributed by atoms with Gasteiger partial charge >= 0.3 is 76.2 Å². The van der Waals surface area contributed by atoms with Gasteiger partial charge in [0.05, 0.1) is 5.97 Å². The summed E-state index contributed by atoms with van der Waals surface area (Å²) < 4.78 is 0. The van der Waals surface area contributed by atoms with Crippen molar-refractivity contribution < 1.29 is 111 Å². The molecule has 16 heavy (non-hydrogen) atoms. The van der Waals surface area contributed by atoms with E-state index in [1.54, 1.807) is 0 Å². The van der Waals surface area contributed by atoms with Gasteiger partial charge in [-0.1, -0.05) is 0 Å². The molecule has 0 bridgehead atoms. The van der Waals surface area contributed by atoms with Crippen molar-refractivity contribution in [2.45, 2.75) is 18.4 Å². The maximum atomic E-state index is 10.1. The molecule has 0 unspecified atom stereocenters. The Labute approximate surface area is 146 Å². The molecule has 7 nitrogen and oxygen atoms in total. The minimum Gasteiger partial charge on any atom is -0.550 e. The molecule has 0 heterocycles. The maximum Gasteiger partial charge on any atom is 1.00 e. The van der Waals surface area contributed by atoms with Crippen LogP contribution in [0.1, 0.15) is 12.8 Å². The summed E-state index contributed by atoms with van der Waals surface area (Å²) in [5, 5.41) is 38.9. The fraction of sp³-hybridized carbons (Fsp3) is 0.500. The Hall–Kier alpha value is 0.889. The van der Waals surface area contributed by atoms with E-state index >= 15 is 0 Å². The van der Waals surface area contributed by atoms with Gasteiger partial charge in [0.2, 0.25) is 0 Å². The molecule has 0 aliphatic heterocycles. The van der Waals surface area contributed by atoms with E-state index < -0.39 is 36.4 Å². The predicted octanol–water partition coefficient (Wildman–Crippen LogP) is -11.2. The molecule has 0 aliphatic carbocycles. The number of carbonyl (C=O) groups excluding carboxylic acids is 3. The Bertz CT molecular complexity index is 241. The van der Waals surface area contributed by atoms with Gasteiger partial charge in [0.1, 0.15) is 5.60 Å². The van der Waals surface area contributed by atoms with Gasteiger partial charge in [-0.15, -0.1) is 0 Å². The molecular weight excluding hydrogens is 294 g/mol. The summed E-state index contributed by atoms with van der Waals surface area (Å²) in [4.78, 5) is 30.0. The second-order valence-electron chi connectivity index (χ2n) is 2.42. The third-order valence-corrected chi connectivity index (χ3v) is 1.25. The van der Waals surface area contributed by atoms with E-state index in [0.717, 1.165) is 0 Å². The molecule has 84 valence electrons. The van der Waals surface area contributed by atoms with Crippen LogP contribution in [0, 0.1) is 0 Å². The molecule has 0 rings (SSSR count). The van der Waals surface area contributed by atoms with E-state index in [0.29, 0.717) is 0 Å². The van der Waals surface area contributed by atoms with Crippen molar-refractivity contribution in [2.24, 2.45) is 0 Å². The normalized spacial score (nSPS) is 8.81. The van der Waals surface area contributed by atoms with E-state index in [1.807, 2.05) is 0 Å². The van der Waals surface area contributed by atoms with E-state index in [9.17, 15) is 29.7 Å². The number of aliphatic carboxylic acids is 3. The van der Waals surface area contributed by atoms with Crippen LogP contribution < -0.4 is 74.4 Å². The van der Waals surface area contributed by atoms with Crippen LogP contribution in [0.4, 0.5) is 0 Å². The van der Waals surface area contributed by atoms with Crippen molar-refractivity contribution in [3.05, 3.63) is 0 Å². The van der Waals surface area contributed by atoms with Crippen molar-refractivity contribution in [1.29, 1.82) is 0 Å². The van der Waals surface area contributed by atoms with E-state index in [4.69, 9.17) is 5.11 Å². The minimum atomic E-state index is -2.97. The summed E-state index contributed by atoms with van der Waals surface area (Å²) in [6, 6.07) is 0. The molecule has 0 atom stereocenters. The number of hydrogen-bond acceptors (Lipinski definition) is 7. The summed E-state index contributed by atoms with van der Waals surface area (Å²) >= 11 is 0. The van der Waals surface area contributed by atoms with Crippen LogP contribution in [0.3, 0.4) is 0 Å². The number of carboxylic acid groups (broad SMARTS) is 3. The molecule has 0 aromatic rings. The Morgan fingerprint density at radius 3 is 1.31 bits per heavy atom. The smallest absolute Gasteiger partial charge is 0.550 e. The first kappa shape index (κ1) is 25.7. The first-order valence-corrected chi connectivity index (χ1v) is 3.11. The number of hydrogen-bond donors (Lipinski definition) is 1. The van der Waals surface area contributed by atoms with Crippen LogP contribution >= 0.6 is 0 Å². The fourth-order valence-electron chi connectivity index (χ4n) is 0.684. The average Bonchev–Trinajstić information content (AvgIpc) is 1.82. The Morgan fingerprint density at radius 1 is 0.938 bits per heavy atom. The van der Waals surface area contributed by atoms with Crippen LogP contribution in [-0.4, -0.2) is 28.6 Å². The summed E-state index contributed by atoms with van der Waals surface area (Å²) in [6.07, 6.45) is -2.72. The Balaban J connectivity index is -0.000000240. The van der Waals surface area contributed by atoms with Crippen molar-refractivity contribution in [2.75, 3.05) is 0 Å². The topological polar surface area (TPSA) is 141 Å². The zero-order valence-electron chi connectivity index (χ0n) is 8.61.